The van der Waals surface area contributed by atoms with Crippen molar-refractivity contribution in [2.45, 2.75) is 25.3 Å². The molecule has 3 N–H and O–H groups in total. The minimum Gasteiger partial charge on any atom is -0.486 e. The van der Waals surface area contributed by atoms with Gasteiger partial charge in [0.15, 0.2) is 11.5 Å². The number of hydrogen-bond acceptors (Lipinski definition) is 5. The van der Waals surface area contributed by atoms with Crippen LogP contribution in [0.2, 0.25) is 0 Å². The van der Waals surface area contributed by atoms with Crippen LogP contribution in [0.4, 0.5) is 0 Å². The molecule has 2 atom stereocenters. The average Bonchev–Trinajstić information content (AvgIpc) is 3.30. The highest BCUT2D eigenvalue weighted by Gasteiger charge is 2.28. The maximum atomic E-state index is 12.6. The monoisotopic (exact) mass is 358 g/mol. The van der Waals surface area contributed by atoms with Gasteiger partial charge in [-0.15, -0.1) is 11.3 Å². The summed E-state index contributed by atoms with van der Waals surface area (Å²) in [6.07, 6.45) is 3.27. The second-order valence-electron chi connectivity index (χ2n) is 6.53. The normalized spacial score (nSPS) is 22.0. The fourth-order valence-corrected chi connectivity index (χ4v) is 4.47. The predicted octanol–water partition coefficient (Wildman–Crippen LogP) is 3.04. The predicted molar refractivity (Wildman–Crippen MR) is 98.4 cm³/mol. The van der Waals surface area contributed by atoms with Gasteiger partial charge in [-0.2, -0.15) is 0 Å². The molecule has 1 fully saturated rings. The minimum atomic E-state index is -0.000793. The van der Waals surface area contributed by atoms with Gasteiger partial charge in [0.05, 0.1) is 4.88 Å². The molecule has 0 saturated heterocycles. The molecule has 1 amide bonds. The minimum absolute atomic E-state index is 0.000793. The Morgan fingerprint density at radius 3 is 2.84 bits per heavy atom. The Kier molecular flexibility index (Phi) is 4.63. The Bertz CT molecular complexity index is 774. The third kappa shape index (κ3) is 3.37. The van der Waals surface area contributed by atoms with Crippen LogP contribution in [0.15, 0.2) is 30.3 Å². The molecule has 1 aliphatic heterocycles. The van der Waals surface area contributed by atoms with E-state index in [4.69, 9.17) is 15.2 Å². The number of ether oxygens (including phenoxy) is 2. The van der Waals surface area contributed by atoms with E-state index in [1.165, 1.54) is 11.3 Å². The number of rotatable bonds is 4. The molecule has 1 aromatic carbocycles. The number of nitrogens with two attached hydrogens (primary N) is 1. The highest BCUT2D eigenvalue weighted by molar-refractivity contribution is 7.17. The van der Waals surface area contributed by atoms with Crippen molar-refractivity contribution in [2.24, 2.45) is 11.7 Å². The maximum absolute atomic E-state index is 12.6. The number of thiophene rings is 1. The quantitative estimate of drug-likeness (QED) is 0.881. The van der Waals surface area contributed by atoms with Crippen molar-refractivity contribution in [1.29, 1.82) is 0 Å². The van der Waals surface area contributed by atoms with E-state index in [-0.39, 0.29) is 11.9 Å². The molecule has 4 rings (SSSR count). The molecule has 1 saturated carbocycles. The number of benzene rings is 1. The molecule has 132 valence electrons. The van der Waals surface area contributed by atoms with Crippen LogP contribution in [0.3, 0.4) is 0 Å². The van der Waals surface area contributed by atoms with Gasteiger partial charge in [0.25, 0.3) is 5.91 Å². The highest BCUT2D eigenvalue weighted by atomic mass is 32.1. The van der Waals surface area contributed by atoms with E-state index in [2.05, 4.69) is 5.32 Å². The highest BCUT2D eigenvalue weighted by Crippen LogP contribution is 2.37. The molecule has 0 spiro atoms. The van der Waals surface area contributed by atoms with Crippen molar-refractivity contribution in [1.82, 2.24) is 5.32 Å². The molecule has 5 nitrogen and oxygen atoms in total. The van der Waals surface area contributed by atoms with Crippen LogP contribution >= 0.6 is 11.3 Å². The Balaban J connectivity index is 1.49. The van der Waals surface area contributed by atoms with Crippen LogP contribution in [0.1, 0.15) is 28.9 Å². The maximum Gasteiger partial charge on any atom is 0.261 e. The summed E-state index contributed by atoms with van der Waals surface area (Å²) < 4.78 is 11.2. The fraction of sp³-hybridized carbons (Fsp3) is 0.421. The number of hydrogen-bond donors (Lipinski definition) is 2. The number of nitrogens with one attached hydrogen (secondary N) is 1. The molecule has 2 heterocycles. The summed E-state index contributed by atoms with van der Waals surface area (Å²) in [5, 5.41) is 3.16. The zero-order valence-electron chi connectivity index (χ0n) is 14.0. The Morgan fingerprint density at radius 1 is 1.16 bits per heavy atom. The first-order chi connectivity index (χ1) is 12.2. The molecule has 25 heavy (non-hydrogen) atoms. The largest absolute Gasteiger partial charge is 0.486 e. The van der Waals surface area contributed by atoms with E-state index in [1.807, 2.05) is 30.3 Å². The van der Waals surface area contributed by atoms with Crippen molar-refractivity contribution < 1.29 is 14.3 Å². The van der Waals surface area contributed by atoms with Gasteiger partial charge in [0, 0.05) is 10.9 Å². The second-order valence-corrected chi connectivity index (χ2v) is 7.61. The SMILES string of the molecule is NCC1CCCC1NC(=O)c1ccc(-c2ccc3c(c2)OCCO3)s1. The van der Waals surface area contributed by atoms with Crippen molar-refractivity contribution in [3.63, 3.8) is 0 Å². The van der Waals surface area contributed by atoms with E-state index in [9.17, 15) is 4.79 Å². The molecule has 0 radical (unpaired) electrons. The molecule has 2 unspecified atom stereocenters. The van der Waals surface area contributed by atoms with E-state index in [0.717, 1.165) is 46.1 Å². The molecule has 1 aliphatic carbocycles. The molecule has 2 aliphatic rings. The number of amides is 1. The first-order valence-electron chi connectivity index (χ1n) is 8.75. The topological polar surface area (TPSA) is 73.6 Å². The van der Waals surface area contributed by atoms with E-state index in [1.54, 1.807) is 0 Å². The standard InChI is InChI=1S/C19H22N2O3S/c20-11-13-2-1-3-14(13)21-19(22)18-7-6-17(25-18)12-4-5-15-16(10-12)24-9-8-23-15/h4-7,10,13-14H,1-3,8-9,11,20H2,(H,21,22). The molecule has 0 bridgehead atoms. The van der Waals surface area contributed by atoms with Gasteiger partial charge >= 0.3 is 0 Å². The summed E-state index contributed by atoms with van der Waals surface area (Å²) >= 11 is 1.50. The van der Waals surface area contributed by atoms with E-state index >= 15 is 0 Å². The van der Waals surface area contributed by atoms with Gasteiger partial charge in [-0.3, -0.25) is 4.79 Å². The van der Waals surface area contributed by atoms with Crippen molar-refractivity contribution in [2.75, 3.05) is 19.8 Å². The van der Waals surface area contributed by atoms with E-state index in [0.29, 0.717) is 25.7 Å². The zero-order valence-corrected chi connectivity index (χ0v) is 14.8. The first kappa shape index (κ1) is 16.4. The number of carbonyl (C=O) groups is 1. The Labute approximate surface area is 151 Å². The lowest BCUT2D eigenvalue weighted by atomic mass is 10.0. The first-order valence-corrected chi connectivity index (χ1v) is 9.57. The lowest BCUT2D eigenvalue weighted by Crippen LogP contribution is -2.39. The second kappa shape index (κ2) is 7.06. The lowest BCUT2D eigenvalue weighted by molar-refractivity contribution is 0.0933. The average molecular weight is 358 g/mol. The van der Waals surface area contributed by atoms with Gasteiger partial charge in [-0.1, -0.05) is 6.42 Å². The van der Waals surface area contributed by atoms with E-state index < -0.39 is 0 Å². The smallest absolute Gasteiger partial charge is 0.261 e. The van der Waals surface area contributed by atoms with Gasteiger partial charge < -0.3 is 20.5 Å². The van der Waals surface area contributed by atoms with Crippen molar-refractivity contribution >= 4 is 17.2 Å². The number of fused-ring (bicyclic) bond motifs is 1. The van der Waals surface area contributed by atoms with Crippen LogP contribution in [-0.2, 0) is 0 Å². The molecular formula is C19H22N2O3S. The molecular weight excluding hydrogens is 336 g/mol. The van der Waals surface area contributed by atoms with Crippen molar-refractivity contribution in [3.8, 4) is 21.9 Å². The summed E-state index contributed by atoms with van der Waals surface area (Å²) in [4.78, 5) is 14.3. The Morgan fingerprint density at radius 2 is 2.00 bits per heavy atom. The van der Waals surface area contributed by atoms with Crippen LogP contribution < -0.4 is 20.5 Å². The van der Waals surface area contributed by atoms with Crippen LogP contribution in [0.5, 0.6) is 11.5 Å². The van der Waals surface area contributed by atoms with Gasteiger partial charge in [0.1, 0.15) is 13.2 Å². The molecule has 1 aromatic heterocycles. The van der Waals surface area contributed by atoms with Crippen LogP contribution in [0, 0.1) is 5.92 Å². The molecule has 2 aromatic rings. The summed E-state index contributed by atoms with van der Waals surface area (Å²) in [6.45, 7) is 1.79. The third-order valence-corrected chi connectivity index (χ3v) is 6.07. The summed E-state index contributed by atoms with van der Waals surface area (Å²) in [5.41, 5.74) is 6.84. The van der Waals surface area contributed by atoms with Gasteiger partial charge in [-0.25, -0.2) is 0 Å². The zero-order chi connectivity index (χ0) is 17.2. The van der Waals surface area contributed by atoms with Crippen LogP contribution in [0.25, 0.3) is 10.4 Å². The van der Waals surface area contributed by atoms with Crippen LogP contribution in [-0.4, -0.2) is 31.7 Å². The molecule has 6 heteroatoms. The summed E-state index contributed by atoms with van der Waals surface area (Å²) in [7, 11) is 0. The Hall–Kier alpha value is -2.05. The summed E-state index contributed by atoms with van der Waals surface area (Å²) in [5.74, 6) is 1.94. The lowest BCUT2D eigenvalue weighted by Gasteiger charge is -2.19. The van der Waals surface area contributed by atoms with Gasteiger partial charge in [0.2, 0.25) is 0 Å². The third-order valence-electron chi connectivity index (χ3n) is 4.93. The summed E-state index contributed by atoms with van der Waals surface area (Å²) in [6, 6.07) is 9.98. The van der Waals surface area contributed by atoms with Gasteiger partial charge in [-0.05, 0) is 61.2 Å². The number of carbonyl (C=O) groups excluding carboxylic acids is 1. The van der Waals surface area contributed by atoms with Crippen molar-refractivity contribution in [3.05, 3.63) is 35.2 Å². The fourth-order valence-electron chi connectivity index (χ4n) is 3.56.